The number of pyridine rings is 1. The summed E-state index contributed by atoms with van der Waals surface area (Å²) < 4.78 is 27.3. The van der Waals surface area contributed by atoms with Gasteiger partial charge in [0.25, 0.3) is 0 Å². The van der Waals surface area contributed by atoms with Crippen LogP contribution in [0, 0.1) is 5.82 Å². The van der Waals surface area contributed by atoms with Crippen molar-refractivity contribution < 1.29 is 23.4 Å². The predicted octanol–water partition coefficient (Wildman–Crippen LogP) is 5.83. The molecule has 0 radical (unpaired) electrons. The fraction of sp³-hybridized carbons (Fsp3) is 0.200. The normalized spacial score (nSPS) is 13.9. The summed E-state index contributed by atoms with van der Waals surface area (Å²) in [6.07, 6.45) is 6.00. The second kappa shape index (κ2) is 11.5. The first-order valence-corrected chi connectivity index (χ1v) is 13.4. The number of oxazole rings is 1. The second-order valence-electron chi connectivity index (χ2n) is 9.65. The van der Waals surface area contributed by atoms with Crippen molar-refractivity contribution in [3.63, 3.8) is 0 Å². The Bertz CT molecular complexity index is 1750. The zero-order chi connectivity index (χ0) is 28.3. The molecule has 9 nitrogen and oxygen atoms in total. The molecule has 1 aliphatic heterocycles. The number of carboxylic acid groups (broad SMARTS) is 1. The summed E-state index contributed by atoms with van der Waals surface area (Å²) in [6.45, 7) is 2.41. The lowest BCUT2D eigenvalue weighted by Crippen LogP contribution is -2.29. The number of rotatable bonds is 9. The van der Waals surface area contributed by atoms with E-state index >= 15 is 0 Å². The van der Waals surface area contributed by atoms with Gasteiger partial charge < -0.3 is 18.8 Å². The lowest BCUT2D eigenvalue weighted by Gasteiger charge is -2.26. The van der Waals surface area contributed by atoms with Gasteiger partial charge in [-0.15, -0.1) is 0 Å². The van der Waals surface area contributed by atoms with Gasteiger partial charge in [0.05, 0.1) is 35.0 Å². The van der Waals surface area contributed by atoms with Gasteiger partial charge >= 0.3 is 5.97 Å². The van der Waals surface area contributed by atoms with Crippen LogP contribution < -0.4 is 4.74 Å². The van der Waals surface area contributed by atoms with Crippen molar-refractivity contribution in [3.8, 4) is 5.88 Å². The van der Waals surface area contributed by atoms with Gasteiger partial charge in [-0.25, -0.2) is 24.1 Å². The molecular formula is C30H25ClFN5O4. The van der Waals surface area contributed by atoms with Crippen molar-refractivity contribution >= 4 is 34.2 Å². The van der Waals surface area contributed by atoms with E-state index in [0.29, 0.717) is 53.0 Å². The van der Waals surface area contributed by atoms with Crippen LogP contribution in [0.3, 0.4) is 0 Å². The van der Waals surface area contributed by atoms with E-state index in [1.54, 1.807) is 42.6 Å². The molecule has 0 unspecified atom stereocenters. The van der Waals surface area contributed by atoms with Gasteiger partial charge in [-0.3, -0.25) is 4.90 Å². The fourth-order valence-corrected chi connectivity index (χ4v) is 4.98. The van der Waals surface area contributed by atoms with Gasteiger partial charge in [0, 0.05) is 29.7 Å². The van der Waals surface area contributed by atoms with Crippen LogP contribution in [0.1, 0.15) is 39.8 Å². The number of hydrogen-bond donors (Lipinski definition) is 1. The van der Waals surface area contributed by atoms with Crippen LogP contribution in [0.2, 0.25) is 5.02 Å². The Morgan fingerprint density at radius 1 is 1.12 bits per heavy atom. The average Bonchev–Trinajstić information content (AvgIpc) is 3.61. The summed E-state index contributed by atoms with van der Waals surface area (Å²) >= 11 is 5.83. The van der Waals surface area contributed by atoms with Crippen molar-refractivity contribution in [2.75, 3.05) is 13.1 Å². The number of nitrogens with zero attached hydrogens (tertiary/aromatic N) is 5. The van der Waals surface area contributed by atoms with E-state index in [9.17, 15) is 14.3 Å². The molecule has 0 bridgehead atoms. The Labute approximate surface area is 239 Å². The number of halogens is 2. The van der Waals surface area contributed by atoms with Gasteiger partial charge in [-0.2, -0.15) is 0 Å². The van der Waals surface area contributed by atoms with Crippen LogP contribution >= 0.6 is 11.6 Å². The van der Waals surface area contributed by atoms with Crippen molar-refractivity contribution in [2.24, 2.45) is 0 Å². The molecule has 0 amide bonds. The molecule has 0 aliphatic carbocycles. The number of fused-ring (bicyclic) bond motifs is 1. The number of carbonyl (C=O) groups is 1. The molecule has 0 saturated heterocycles. The zero-order valence-electron chi connectivity index (χ0n) is 21.8. The molecule has 2 aromatic carbocycles. The highest BCUT2D eigenvalue weighted by Gasteiger charge is 2.20. The molecule has 0 saturated carbocycles. The molecule has 1 aliphatic rings. The summed E-state index contributed by atoms with van der Waals surface area (Å²) in [5.41, 5.74) is 3.94. The third kappa shape index (κ3) is 5.98. The minimum atomic E-state index is -0.994. The molecule has 41 heavy (non-hydrogen) atoms. The largest absolute Gasteiger partial charge is 0.478 e. The quantitative estimate of drug-likeness (QED) is 0.235. The number of carboxylic acids is 1. The van der Waals surface area contributed by atoms with Crippen molar-refractivity contribution in [1.82, 2.24) is 24.4 Å². The first-order valence-electron chi connectivity index (χ1n) is 13.0. The summed E-state index contributed by atoms with van der Waals surface area (Å²) in [4.78, 5) is 27.5. The highest BCUT2D eigenvalue weighted by molar-refractivity contribution is 6.30. The number of ether oxygens (including phenoxy) is 1. The number of benzene rings is 2. The van der Waals surface area contributed by atoms with E-state index in [1.165, 1.54) is 12.3 Å². The Balaban J connectivity index is 1.17. The smallest absolute Gasteiger partial charge is 0.335 e. The summed E-state index contributed by atoms with van der Waals surface area (Å²) in [5, 5.41) is 9.83. The Morgan fingerprint density at radius 3 is 2.78 bits per heavy atom. The molecule has 0 spiro atoms. The summed E-state index contributed by atoms with van der Waals surface area (Å²) in [6, 6.07) is 15.0. The number of aromatic nitrogens is 4. The van der Waals surface area contributed by atoms with Gasteiger partial charge in [-0.05, 0) is 48.4 Å². The monoisotopic (exact) mass is 573 g/mol. The molecule has 11 heteroatoms. The molecule has 6 rings (SSSR count). The maximum absolute atomic E-state index is 14.1. The van der Waals surface area contributed by atoms with Crippen molar-refractivity contribution in [2.45, 2.75) is 26.1 Å². The highest BCUT2D eigenvalue weighted by atomic mass is 35.5. The maximum Gasteiger partial charge on any atom is 0.335 e. The number of aromatic carboxylic acids is 1. The standard InChI is InChI=1S/C30H25ClFN5O4/c31-22-6-4-21(23(32)15-22)18-41-28-3-1-2-24(35-28)19-8-11-36(12-9-19)16-27-34-25-7-5-20(30(38)39)14-26(25)37(27)17-29-33-10-13-40-29/h1-8,10,13-15H,9,11-12,16-18H2,(H,38,39). The Hall–Kier alpha value is -4.54. The molecule has 0 atom stereocenters. The van der Waals surface area contributed by atoms with Crippen molar-refractivity contribution in [3.05, 3.63) is 113 Å². The minimum absolute atomic E-state index is 0.0504. The fourth-order valence-electron chi connectivity index (χ4n) is 4.82. The van der Waals surface area contributed by atoms with E-state index in [-0.39, 0.29) is 12.2 Å². The third-order valence-electron chi connectivity index (χ3n) is 6.95. The van der Waals surface area contributed by atoms with E-state index in [1.807, 2.05) is 16.7 Å². The highest BCUT2D eigenvalue weighted by Crippen LogP contribution is 2.26. The first kappa shape index (κ1) is 26.7. The van der Waals surface area contributed by atoms with E-state index in [2.05, 4.69) is 20.9 Å². The third-order valence-corrected chi connectivity index (χ3v) is 7.19. The first-order chi connectivity index (χ1) is 19.9. The lowest BCUT2D eigenvalue weighted by atomic mass is 10.0. The van der Waals surface area contributed by atoms with Crippen LogP contribution in [0.4, 0.5) is 4.39 Å². The lowest BCUT2D eigenvalue weighted by molar-refractivity contribution is 0.0697. The summed E-state index contributed by atoms with van der Waals surface area (Å²) in [5.74, 6) is 0.312. The van der Waals surface area contributed by atoms with Gasteiger partial charge in [-0.1, -0.05) is 29.8 Å². The predicted molar refractivity (Wildman–Crippen MR) is 150 cm³/mol. The molecule has 3 aromatic heterocycles. The molecule has 5 aromatic rings. The van der Waals surface area contributed by atoms with E-state index in [0.717, 1.165) is 30.1 Å². The Morgan fingerprint density at radius 2 is 2.02 bits per heavy atom. The van der Waals surface area contributed by atoms with Gasteiger partial charge in [0.15, 0.2) is 0 Å². The van der Waals surface area contributed by atoms with Gasteiger partial charge in [0.2, 0.25) is 11.8 Å². The van der Waals surface area contributed by atoms with Gasteiger partial charge in [0.1, 0.15) is 31.1 Å². The molecule has 0 fully saturated rings. The molecule has 4 heterocycles. The molecular weight excluding hydrogens is 549 g/mol. The molecule has 1 N–H and O–H groups in total. The van der Waals surface area contributed by atoms with Crippen molar-refractivity contribution in [1.29, 1.82) is 0 Å². The van der Waals surface area contributed by atoms with Crippen LogP contribution in [0.25, 0.3) is 16.6 Å². The number of imidazole rings is 1. The SMILES string of the molecule is O=C(O)c1ccc2nc(CN3CC=C(c4cccc(OCc5ccc(Cl)cc5F)n4)CC3)n(Cc3ncco3)c2c1. The molecule has 208 valence electrons. The van der Waals surface area contributed by atoms with Crippen LogP contribution in [0.15, 0.2) is 77.6 Å². The van der Waals surface area contributed by atoms with Crippen LogP contribution in [-0.2, 0) is 19.7 Å². The van der Waals surface area contributed by atoms with Crippen LogP contribution in [-0.4, -0.2) is 48.6 Å². The zero-order valence-corrected chi connectivity index (χ0v) is 22.6. The second-order valence-corrected chi connectivity index (χ2v) is 10.1. The Kier molecular flexibility index (Phi) is 7.49. The van der Waals surface area contributed by atoms with E-state index < -0.39 is 11.8 Å². The summed E-state index contributed by atoms with van der Waals surface area (Å²) in [7, 11) is 0. The van der Waals surface area contributed by atoms with Crippen LogP contribution in [0.5, 0.6) is 5.88 Å². The maximum atomic E-state index is 14.1. The number of hydrogen-bond acceptors (Lipinski definition) is 7. The van der Waals surface area contributed by atoms with E-state index in [4.69, 9.17) is 25.7 Å². The average molecular weight is 574 g/mol. The topological polar surface area (TPSA) is 107 Å². The minimum Gasteiger partial charge on any atom is -0.478 e.